The van der Waals surface area contributed by atoms with Crippen LogP contribution in [0, 0.1) is 5.92 Å². The molecule has 0 spiro atoms. The number of hydrogen-bond acceptors (Lipinski definition) is 4. The molecule has 0 aromatic carbocycles. The highest BCUT2D eigenvalue weighted by Crippen LogP contribution is 2.06. The van der Waals surface area contributed by atoms with Gasteiger partial charge in [0.05, 0.1) is 6.61 Å². The summed E-state index contributed by atoms with van der Waals surface area (Å²) < 4.78 is 0. The average molecular weight is 243 g/mol. The van der Waals surface area contributed by atoms with Crippen molar-refractivity contribution in [2.75, 3.05) is 26.7 Å². The third-order valence-electron chi connectivity index (χ3n) is 2.14. The largest absolute Gasteiger partial charge is 0.327 e. The van der Waals surface area contributed by atoms with Crippen molar-refractivity contribution in [2.45, 2.75) is 13.8 Å². The van der Waals surface area contributed by atoms with Crippen molar-refractivity contribution in [3.05, 3.63) is 0 Å². The minimum Gasteiger partial charge on any atom is -0.318 e. The lowest BCUT2D eigenvalue weighted by Gasteiger charge is -2.14. The van der Waals surface area contributed by atoms with Crippen molar-refractivity contribution in [1.29, 1.82) is 0 Å². The summed E-state index contributed by atoms with van der Waals surface area (Å²) in [6.07, 6.45) is 0. The van der Waals surface area contributed by atoms with E-state index in [0.717, 1.165) is 4.90 Å². The number of nitrogens with zero attached hydrogens (tertiary/aromatic N) is 2. The molecule has 1 fully saturated rings. The van der Waals surface area contributed by atoms with Gasteiger partial charge >= 0.3 is 6.03 Å². The molecule has 0 aromatic rings. The molecule has 1 aliphatic rings. The summed E-state index contributed by atoms with van der Waals surface area (Å²) in [5.41, 5.74) is 2.19. The van der Waals surface area contributed by atoms with Crippen LogP contribution in [-0.4, -0.2) is 54.4 Å². The Bertz CT molecular complexity index is 330. The van der Waals surface area contributed by atoms with Gasteiger partial charge in [-0.25, -0.2) is 10.3 Å². The topological polar surface area (TPSA) is 79.0 Å². The maximum absolute atomic E-state index is 11.4. The number of rotatable bonds is 5. The Morgan fingerprint density at radius 1 is 1.47 bits per heavy atom. The first-order valence-electron chi connectivity index (χ1n) is 5.38. The van der Waals surface area contributed by atoms with Crippen LogP contribution in [0.4, 0.5) is 4.79 Å². The molecule has 1 heterocycles. The van der Waals surface area contributed by atoms with E-state index in [1.165, 1.54) is 11.9 Å². The predicted octanol–water partition coefficient (Wildman–Crippen LogP) is -0.416. The lowest BCUT2D eigenvalue weighted by Crippen LogP contribution is -2.41. The molecule has 1 saturated heterocycles. The van der Waals surface area contributed by atoms with Gasteiger partial charge in [0.25, 0.3) is 11.8 Å². The van der Waals surface area contributed by atoms with Gasteiger partial charge < -0.3 is 4.90 Å². The summed E-state index contributed by atoms with van der Waals surface area (Å²) in [6.45, 7) is 3.97. The van der Waals surface area contributed by atoms with Crippen LogP contribution < -0.4 is 5.48 Å². The van der Waals surface area contributed by atoms with Gasteiger partial charge in [0.2, 0.25) is 0 Å². The fraction of sp³-hybridized carbons (Fsp3) is 0.700. The number of hydrogen-bond donors (Lipinski definition) is 1. The zero-order valence-corrected chi connectivity index (χ0v) is 10.2. The van der Waals surface area contributed by atoms with E-state index in [0.29, 0.717) is 6.61 Å². The number of carbonyl (C=O) groups is 3. The number of urea groups is 1. The zero-order chi connectivity index (χ0) is 13.0. The molecule has 0 radical (unpaired) electrons. The lowest BCUT2D eigenvalue weighted by atomic mass is 10.2. The molecule has 0 unspecified atom stereocenters. The van der Waals surface area contributed by atoms with Gasteiger partial charge in [0, 0.05) is 7.05 Å². The number of hydroxylamine groups is 1. The highest BCUT2D eigenvalue weighted by atomic mass is 16.7. The third kappa shape index (κ3) is 3.70. The molecule has 1 aliphatic heterocycles. The van der Waals surface area contributed by atoms with Crippen molar-refractivity contribution in [3.8, 4) is 0 Å². The van der Waals surface area contributed by atoms with Gasteiger partial charge in [0.1, 0.15) is 13.1 Å². The van der Waals surface area contributed by atoms with Crippen molar-refractivity contribution in [1.82, 2.24) is 15.3 Å². The molecule has 7 heteroatoms. The van der Waals surface area contributed by atoms with Crippen molar-refractivity contribution >= 4 is 17.8 Å². The maximum Gasteiger partial charge on any atom is 0.327 e. The number of likely N-dealkylation sites (N-methyl/N-ethyl adjacent to an activating group) is 1. The SMILES string of the molecule is CC(C)CONC(=O)CN1C(=O)CN(C)C1=O. The van der Waals surface area contributed by atoms with E-state index in [4.69, 9.17) is 4.84 Å². The second-order valence-electron chi connectivity index (χ2n) is 4.35. The van der Waals surface area contributed by atoms with Crippen LogP contribution in [0.1, 0.15) is 13.8 Å². The average Bonchev–Trinajstić information content (AvgIpc) is 2.44. The molecule has 17 heavy (non-hydrogen) atoms. The number of nitrogens with one attached hydrogen (secondary N) is 1. The van der Waals surface area contributed by atoms with E-state index in [1.807, 2.05) is 13.8 Å². The van der Waals surface area contributed by atoms with E-state index in [1.54, 1.807) is 0 Å². The molecule has 1 N–H and O–H groups in total. The van der Waals surface area contributed by atoms with Crippen LogP contribution in [0.25, 0.3) is 0 Å². The minimum absolute atomic E-state index is 0.0129. The zero-order valence-electron chi connectivity index (χ0n) is 10.2. The molecular formula is C10H17N3O4. The molecule has 1 rings (SSSR count). The Morgan fingerprint density at radius 3 is 2.59 bits per heavy atom. The third-order valence-corrected chi connectivity index (χ3v) is 2.14. The van der Waals surface area contributed by atoms with Crippen LogP contribution in [0.15, 0.2) is 0 Å². The lowest BCUT2D eigenvalue weighted by molar-refractivity contribution is -0.138. The highest BCUT2D eigenvalue weighted by molar-refractivity contribution is 6.04. The normalized spacial score (nSPS) is 16.0. The minimum atomic E-state index is -0.511. The van der Waals surface area contributed by atoms with E-state index in [9.17, 15) is 14.4 Å². The standard InChI is InChI=1S/C10H17N3O4/c1-7(2)6-17-11-8(14)4-13-9(15)5-12(3)10(13)16/h7H,4-6H2,1-3H3,(H,11,14). The van der Waals surface area contributed by atoms with Gasteiger partial charge in [-0.3, -0.25) is 19.3 Å². The summed E-state index contributed by atoms with van der Waals surface area (Å²) in [4.78, 5) is 41.2. The highest BCUT2D eigenvalue weighted by Gasteiger charge is 2.34. The van der Waals surface area contributed by atoms with Gasteiger partial charge in [-0.05, 0) is 5.92 Å². The monoisotopic (exact) mass is 243 g/mol. The fourth-order valence-corrected chi connectivity index (χ4v) is 1.29. The Labute approximate surface area is 99.6 Å². The molecule has 0 atom stereocenters. The molecular weight excluding hydrogens is 226 g/mol. The summed E-state index contributed by atoms with van der Waals surface area (Å²) in [5.74, 6) is -0.601. The van der Waals surface area contributed by atoms with Gasteiger partial charge in [-0.15, -0.1) is 0 Å². The first kappa shape index (κ1) is 13.4. The van der Waals surface area contributed by atoms with Crippen molar-refractivity contribution in [3.63, 3.8) is 0 Å². The molecule has 0 aliphatic carbocycles. The predicted molar refractivity (Wildman–Crippen MR) is 58.7 cm³/mol. The Hall–Kier alpha value is -1.63. The van der Waals surface area contributed by atoms with E-state index in [-0.39, 0.29) is 24.9 Å². The summed E-state index contributed by atoms with van der Waals surface area (Å²) in [5, 5.41) is 0. The second-order valence-corrected chi connectivity index (χ2v) is 4.35. The van der Waals surface area contributed by atoms with Crippen molar-refractivity contribution in [2.24, 2.45) is 5.92 Å². The molecule has 7 nitrogen and oxygen atoms in total. The molecule has 96 valence electrons. The summed E-state index contributed by atoms with van der Waals surface area (Å²) in [7, 11) is 1.51. The van der Waals surface area contributed by atoms with E-state index < -0.39 is 11.9 Å². The number of amides is 4. The smallest absolute Gasteiger partial charge is 0.318 e. The number of carbonyl (C=O) groups excluding carboxylic acids is 3. The van der Waals surface area contributed by atoms with Crippen molar-refractivity contribution < 1.29 is 19.2 Å². The molecule has 0 saturated carbocycles. The summed E-state index contributed by atoms with van der Waals surface area (Å²) in [6, 6.07) is -0.464. The van der Waals surface area contributed by atoms with Crippen LogP contribution in [0.3, 0.4) is 0 Å². The van der Waals surface area contributed by atoms with Crippen LogP contribution in [-0.2, 0) is 14.4 Å². The first-order chi connectivity index (χ1) is 7.91. The Kier molecular flexibility index (Phi) is 4.45. The Morgan fingerprint density at radius 2 is 2.12 bits per heavy atom. The van der Waals surface area contributed by atoms with Crippen LogP contribution in [0.5, 0.6) is 0 Å². The molecule has 0 aromatic heterocycles. The van der Waals surface area contributed by atoms with Gasteiger partial charge in [0.15, 0.2) is 0 Å². The maximum atomic E-state index is 11.4. The van der Waals surface area contributed by atoms with Gasteiger partial charge in [-0.2, -0.15) is 0 Å². The summed E-state index contributed by atoms with van der Waals surface area (Å²) >= 11 is 0. The fourth-order valence-electron chi connectivity index (χ4n) is 1.29. The Balaban J connectivity index is 2.36. The van der Waals surface area contributed by atoms with E-state index in [2.05, 4.69) is 5.48 Å². The molecule has 4 amide bonds. The van der Waals surface area contributed by atoms with Gasteiger partial charge in [-0.1, -0.05) is 13.8 Å². The van der Waals surface area contributed by atoms with E-state index >= 15 is 0 Å². The van der Waals surface area contributed by atoms with Crippen LogP contribution >= 0.6 is 0 Å². The second kappa shape index (κ2) is 5.62. The molecule has 0 bridgehead atoms. The van der Waals surface area contributed by atoms with Crippen LogP contribution in [0.2, 0.25) is 0 Å². The quantitative estimate of drug-likeness (QED) is 0.525. The first-order valence-corrected chi connectivity index (χ1v) is 5.38. The number of imide groups is 1.